The number of thiophene rings is 1. The van der Waals surface area contributed by atoms with Crippen LogP contribution in [0.15, 0.2) is 41.1 Å². The molecule has 6 heteroatoms. The predicted octanol–water partition coefficient (Wildman–Crippen LogP) is 3.02. The van der Waals surface area contributed by atoms with Crippen LogP contribution in [0.1, 0.15) is 30.0 Å². The summed E-state index contributed by atoms with van der Waals surface area (Å²) in [6, 6.07) is 11.0. The Morgan fingerprint density at radius 3 is 3.00 bits per heavy atom. The number of nitriles is 1. The van der Waals surface area contributed by atoms with Gasteiger partial charge in [0, 0.05) is 18.0 Å². The smallest absolute Gasteiger partial charge is 0.227 e. The number of fused-ring (bicyclic) bond motifs is 1. The first kappa shape index (κ1) is 16.2. The summed E-state index contributed by atoms with van der Waals surface area (Å²) in [6.07, 6.45) is 1.33. The van der Waals surface area contributed by atoms with E-state index in [0.717, 1.165) is 16.8 Å². The highest BCUT2D eigenvalue weighted by molar-refractivity contribution is 7.08. The first-order valence-electron chi connectivity index (χ1n) is 7.77. The molecule has 0 radical (unpaired) electrons. The van der Waals surface area contributed by atoms with Crippen molar-refractivity contribution < 1.29 is 9.59 Å². The Kier molecular flexibility index (Phi) is 4.92. The Morgan fingerprint density at radius 1 is 1.42 bits per heavy atom. The maximum absolute atomic E-state index is 12.1. The second kappa shape index (κ2) is 7.28. The summed E-state index contributed by atoms with van der Waals surface area (Å²) in [5, 5.41) is 18.5. The van der Waals surface area contributed by atoms with Crippen molar-refractivity contribution in [1.82, 2.24) is 5.32 Å². The van der Waals surface area contributed by atoms with Crippen LogP contribution in [0.25, 0.3) is 0 Å². The molecule has 1 aliphatic rings. The van der Waals surface area contributed by atoms with E-state index in [9.17, 15) is 14.9 Å². The lowest BCUT2D eigenvalue weighted by Gasteiger charge is -2.24. The van der Waals surface area contributed by atoms with Crippen LogP contribution in [0.2, 0.25) is 0 Å². The zero-order chi connectivity index (χ0) is 16.9. The number of para-hydroxylation sites is 1. The maximum atomic E-state index is 12.1. The lowest BCUT2D eigenvalue weighted by atomic mass is 9.89. The zero-order valence-electron chi connectivity index (χ0n) is 13.0. The van der Waals surface area contributed by atoms with Gasteiger partial charge in [-0.05, 0) is 46.9 Å². The van der Waals surface area contributed by atoms with Gasteiger partial charge in [0.15, 0.2) is 0 Å². The van der Waals surface area contributed by atoms with Crippen LogP contribution in [0, 0.1) is 17.2 Å². The highest BCUT2D eigenvalue weighted by atomic mass is 32.1. The summed E-state index contributed by atoms with van der Waals surface area (Å²) < 4.78 is 0. The quantitative estimate of drug-likeness (QED) is 0.878. The summed E-state index contributed by atoms with van der Waals surface area (Å²) >= 11 is 1.48. The second-order valence-electron chi connectivity index (χ2n) is 5.77. The lowest BCUT2D eigenvalue weighted by molar-refractivity contribution is -0.123. The first-order chi connectivity index (χ1) is 11.7. The van der Waals surface area contributed by atoms with Crippen LogP contribution in [-0.4, -0.2) is 11.8 Å². The van der Waals surface area contributed by atoms with Crippen molar-refractivity contribution in [2.75, 3.05) is 5.32 Å². The van der Waals surface area contributed by atoms with E-state index in [2.05, 4.69) is 16.7 Å². The molecule has 2 atom stereocenters. The molecular formula is C18H17N3O2S. The minimum absolute atomic E-state index is 0.0452. The molecule has 2 amide bonds. The van der Waals surface area contributed by atoms with Crippen molar-refractivity contribution in [2.24, 2.45) is 5.92 Å². The van der Waals surface area contributed by atoms with Crippen molar-refractivity contribution in [3.63, 3.8) is 0 Å². The average molecular weight is 339 g/mol. The number of nitrogens with one attached hydrogen (secondary N) is 2. The number of benzene rings is 1. The third kappa shape index (κ3) is 3.63. The first-order valence-corrected chi connectivity index (χ1v) is 8.71. The molecule has 24 heavy (non-hydrogen) atoms. The van der Waals surface area contributed by atoms with Gasteiger partial charge in [0.2, 0.25) is 11.8 Å². The monoisotopic (exact) mass is 339 g/mol. The van der Waals surface area contributed by atoms with Crippen molar-refractivity contribution in [3.05, 3.63) is 52.2 Å². The molecule has 0 aliphatic carbocycles. The highest BCUT2D eigenvalue weighted by Gasteiger charge is 2.26. The molecule has 2 N–H and O–H groups in total. The van der Waals surface area contributed by atoms with E-state index in [4.69, 9.17) is 0 Å². The van der Waals surface area contributed by atoms with Crippen LogP contribution < -0.4 is 10.6 Å². The molecule has 3 rings (SSSR count). The summed E-state index contributed by atoms with van der Waals surface area (Å²) in [5.74, 6) is -0.470. The maximum Gasteiger partial charge on any atom is 0.227 e. The van der Waals surface area contributed by atoms with Gasteiger partial charge in [-0.25, -0.2) is 0 Å². The third-order valence-electron chi connectivity index (χ3n) is 4.14. The standard InChI is InChI=1S/C18H17N3O2S/c19-10-16(14-7-8-24-11-14)20-17(22)6-5-13-9-12-3-1-2-4-15(12)21-18(13)23/h1-4,7-8,11,13,16H,5-6,9H2,(H,20,22)(H,21,23)/t13-,16+/m0/s1. The molecule has 5 nitrogen and oxygen atoms in total. The molecular weight excluding hydrogens is 322 g/mol. The molecule has 122 valence electrons. The molecule has 0 saturated carbocycles. The number of rotatable bonds is 5. The Labute approximate surface area is 144 Å². The fraction of sp³-hybridized carbons (Fsp3) is 0.278. The fourth-order valence-corrected chi connectivity index (χ4v) is 3.50. The summed E-state index contributed by atoms with van der Waals surface area (Å²) in [4.78, 5) is 24.3. The van der Waals surface area contributed by atoms with E-state index >= 15 is 0 Å². The average Bonchev–Trinajstić information content (AvgIpc) is 3.12. The number of hydrogen-bond donors (Lipinski definition) is 2. The molecule has 2 heterocycles. The molecule has 0 unspecified atom stereocenters. The van der Waals surface area contributed by atoms with Gasteiger partial charge >= 0.3 is 0 Å². The predicted molar refractivity (Wildman–Crippen MR) is 92.3 cm³/mol. The molecule has 0 spiro atoms. The lowest BCUT2D eigenvalue weighted by Crippen LogP contribution is -2.32. The van der Waals surface area contributed by atoms with Gasteiger partial charge in [0.25, 0.3) is 0 Å². The number of carbonyl (C=O) groups is 2. The van der Waals surface area contributed by atoms with E-state index in [1.807, 2.05) is 41.1 Å². The molecule has 1 aromatic heterocycles. The van der Waals surface area contributed by atoms with Crippen molar-refractivity contribution in [1.29, 1.82) is 5.26 Å². The van der Waals surface area contributed by atoms with E-state index in [1.54, 1.807) is 0 Å². The molecule has 0 bridgehead atoms. The summed E-state index contributed by atoms with van der Waals surface area (Å²) in [6.45, 7) is 0. The van der Waals surface area contributed by atoms with Gasteiger partial charge in [-0.1, -0.05) is 18.2 Å². The summed E-state index contributed by atoms with van der Waals surface area (Å²) in [7, 11) is 0. The van der Waals surface area contributed by atoms with Gasteiger partial charge in [-0.3, -0.25) is 9.59 Å². The normalized spacial score (nSPS) is 17.3. The second-order valence-corrected chi connectivity index (χ2v) is 6.55. The molecule has 1 aliphatic heterocycles. The van der Waals surface area contributed by atoms with Crippen LogP contribution >= 0.6 is 11.3 Å². The van der Waals surface area contributed by atoms with Crippen LogP contribution in [0.4, 0.5) is 5.69 Å². The van der Waals surface area contributed by atoms with E-state index < -0.39 is 6.04 Å². The number of amides is 2. The molecule has 1 aromatic carbocycles. The number of carbonyl (C=O) groups excluding carboxylic acids is 2. The van der Waals surface area contributed by atoms with Gasteiger partial charge in [-0.15, -0.1) is 0 Å². The molecule has 2 aromatic rings. The number of hydrogen-bond acceptors (Lipinski definition) is 4. The SMILES string of the molecule is N#C[C@@H](NC(=O)CC[C@H]1Cc2ccccc2NC1=O)c1ccsc1. The largest absolute Gasteiger partial charge is 0.337 e. The Morgan fingerprint density at radius 2 is 2.25 bits per heavy atom. The van der Waals surface area contributed by atoms with Crippen molar-refractivity contribution >= 4 is 28.8 Å². The highest BCUT2D eigenvalue weighted by Crippen LogP contribution is 2.27. The zero-order valence-corrected chi connectivity index (χ0v) is 13.8. The topological polar surface area (TPSA) is 82.0 Å². The van der Waals surface area contributed by atoms with Gasteiger partial charge in [0.1, 0.15) is 6.04 Å². The van der Waals surface area contributed by atoms with E-state index in [1.165, 1.54) is 11.3 Å². The third-order valence-corrected chi connectivity index (χ3v) is 4.84. The van der Waals surface area contributed by atoms with Gasteiger partial charge in [-0.2, -0.15) is 16.6 Å². The fourth-order valence-electron chi connectivity index (χ4n) is 2.81. The number of anilines is 1. The summed E-state index contributed by atoms with van der Waals surface area (Å²) in [5.41, 5.74) is 2.74. The Hall–Kier alpha value is -2.65. The molecule has 0 fully saturated rings. The van der Waals surface area contributed by atoms with E-state index in [0.29, 0.717) is 12.8 Å². The van der Waals surface area contributed by atoms with Crippen LogP contribution in [0.3, 0.4) is 0 Å². The van der Waals surface area contributed by atoms with Crippen molar-refractivity contribution in [3.8, 4) is 6.07 Å². The van der Waals surface area contributed by atoms with Crippen molar-refractivity contribution in [2.45, 2.75) is 25.3 Å². The van der Waals surface area contributed by atoms with E-state index in [-0.39, 0.29) is 24.2 Å². The van der Waals surface area contributed by atoms with Crippen LogP contribution in [-0.2, 0) is 16.0 Å². The number of nitrogens with zero attached hydrogens (tertiary/aromatic N) is 1. The minimum atomic E-state index is -0.635. The Balaban J connectivity index is 1.55. The van der Waals surface area contributed by atoms with Crippen LogP contribution in [0.5, 0.6) is 0 Å². The minimum Gasteiger partial charge on any atom is -0.337 e. The van der Waals surface area contributed by atoms with Gasteiger partial charge in [0.05, 0.1) is 6.07 Å². The Bertz CT molecular complexity index is 780. The molecule has 0 saturated heterocycles. The van der Waals surface area contributed by atoms with Gasteiger partial charge < -0.3 is 10.6 Å².